The van der Waals surface area contributed by atoms with Crippen LogP contribution in [0.4, 0.5) is 8.78 Å². The average Bonchev–Trinajstić information content (AvgIpc) is 2.33. The minimum Gasteiger partial charge on any atom is -0.296 e. The molecular weight excluding hydrogens is 380 g/mol. The topological polar surface area (TPSA) is 3.24 Å². The second kappa shape index (κ2) is 7.14. The molecule has 1 aliphatic carbocycles. The van der Waals surface area contributed by atoms with Crippen molar-refractivity contribution >= 4 is 31.9 Å². The Morgan fingerprint density at radius 3 is 2.58 bits per heavy atom. The quantitative estimate of drug-likeness (QED) is 0.489. The fourth-order valence-corrected chi connectivity index (χ4v) is 2.94. The van der Waals surface area contributed by atoms with Gasteiger partial charge in [-0.2, -0.15) is 0 Å². The van der Waals surface area contributed by atoms with Crippen molar-refractivity contribution in [3.63, 3.8) is 0 Å². The molecule has 0 N–H and O–H groups in total. The molecule has 5 heteroatoms. The summed E-state index contributed by atoms with van der Waals surface area (Å²) in [6.45, 7) is 1.23. The van der Waals surface area contributed by atoms with Gasteiger partial charge in [0.25, 0.3) is 0 Å². The standard InChI is InChI=1S/C14H17Br2F2N/c15-7-2-8-19(10-3-1-4-10)9-11-13(17)6-5-12(16)14(11)18/h5-6,10H,1-4,7-9H2. The molecule has 1 nitrogen and oxygen atoms in total. The second-order valence-electron chi connectivity index (χ2n) is 4.92. The van der Waals surface area contributed by atoms with E-state index >= 15 is 0 Å². The fourth-order valence-electron chi connectivity index (χ4n) is 2.32. The minimum atomic E-state index is -0.469. The molecule has 0 heterocycles. The number of hydrogen-bond acceptors (Lipinski definition) is 1. The van der Waals surface area contributed by atoms with Crippen LogP contribution >= 0.6 is 31.9 Å². The van der Waals surface area contributed by atoms with Crippen molar-refractivity contribution in [2.24, 2.45) is 0 Å². The molecule has 0 bridgehead atoms. The van der Waals surface area contributed by atoms with E-state index in [1.165, 1.54) is 18.6 Å². The molecule has 1 aromatic rings. The van der Waals surface area contributed by atoms with E-state index < -0.39 is 11.6 Å². The van der Waals surface area contributed by atoms with E-state index in [1.54, 1.807) is 0 Å². The molecule has 1 aliphatic rings. The largest absolute Gasteiger partial charge is 0.296 e. The zero-order valence-corrected chi connectivity index (χ0v) is 13.8. The van der Waals surface area contributed by atoms with Crippen molar-refractivity contribution in [1.29, 1.82) is 0 Å². The van der Waals surface area contributed by atoms with Gasteiger partial charge in [0.15, 0.2) is 0 Å². The monoisotopic (exact) mass is 395 g/mol. The third kappa shape index (κ3) is 3.76. The number of hydrogen-bond donors (Lipinski definition) is 0. The number of halogens is 4. The molecular formula is C14H17Br2F2N. The molecule has 1 aromatic carbocycles. The lowest BCUT2D eigenvalue weighted by Crippen LogP contribution is -2.40. The molecule has 0 atom stereocenters. The highest BCUT2D eigenvalue weighted by atomic mass is 79.9. The van der Waals surface area contributed by atoms with Gasteiger partial charge in [-0.1, -0.05) is 22.4 Å². The van der Waals surface area contributed by atoms with Gasteiger partial charge in [-0.25, -0.2) is 8.78 Å². The number of alkyl halides is 1. The summed E-state index contributed by atoms with van der Waals surface area (Å²) in [5, 5.41) is 0.916. The smallest absolute Gasteiger partial charge is 0.144 e. The molecule has 0 saturated heterocycles. The van der Waals surface area contributed by atoms with Crippen LogP contribution in [0.25, 0.3) is 0 Å². The Labute approximate surface area is 129 Å². The molecule has 0 aromatic heterocycles. The number of benzene rings is 1. The third-order valence-electron chi connectivity index (χ3n) is 3.67. The zero-order valence-electron chi connectivity index (χ0n) is 10.6. The molecule has 0 spiro atoms. The normalized spacial score (nSPS) is 15.8. The van der Waals surface area contributed by atoms with Gasteiger partial charge < -0.3 is 0 Å². The number of nitrogens with zero attached hydrogens (tertiary/aromatic N) is 1. The molecule has 0 amide bonds. The zero-order chi connectivity index (χ0) is 13.8. The van der Waals surface area contributed by atoms with Gasteiger partial charge in [0.05, 0.1) is 4.47 Å². The summed E-state index contributed by atoms with van der Waals surface area (Å²) in [5.74, 6) is -0.924. The summed E-state index contributed by atoms with van der Waals surface area (Å²) < 4.78 is 28.1. The third-order valence-corrected chi connectivity index (χ3v) is 4.84. The predicted molar refractivity (Wildman–Crippen MR) is 80.5 cm³/mol. The summed E-state index contributed by atoms with van der Waals surface area (Å²) in [6, 6.07) is 3.23. The van der Waals surface area contributed by atoms with Gasteiger partial charge in [-0.15, -0.1) is 0 Å². The van der Waals surface area contributed by atoms with Crippen molar-refractivity contribution in [3.8, 4) is 0 Å². The van der Waals surface area contributed by atoms with Crippen LogP contribution < -0.4 is 0 Å². The van der Waals surface area contributed by atoms with Gasteiger partial charge >= 0.3 is 0 Å². The Kier molecular flexibility index (Phi) is 5.78. The van der Waals surface area contributed by atoms with Crippen LogP contribution in [0.15, 0.2) is 16.6 Å². The van der Waals surface area contributed by atoms with Gasteiger partial charge in [0.2, 0.25) is 0 Å². The van der Waals surface area contributed by atoms with E-state index in [2.05, 4.69) is 36.8 Å². The van der Waals surface area contributed by atoms with Gasteiger partial charge in [-0.3, -0.25) is 4.90 Å². The Balaban J connectivity index is 2.13. The molecule has 0 unspecified atom stereocenters. The van der Waals surface area contributed by atoms with Crippen LogP contribution in [0.1, 0.15) is 31.2 Å². The van der Waals surface area contributed by atoms with Crippen LogP contribution in [0.5, 0.6) is 0 Å². The van der Waals surface area contributed by atoms with Gasteiger partial charge in [-0.05, 0) is 53.9 Å². The van der Waals surface area contributed by atoms with Crippen LogP contribution in [-0.4, -0.2) is 22.8 Å². The van der Waals surface area contributed by atoms with E-state index in [-0.39, 0.29) is 5.56 Å². The Bertz CT molecular complexity index is 436. The summed E-state index contributed by atoms with van der Waals surface area (Å²) >= 11 is 6.53. The molecule has 1 saturated carbocycles. The van der Waals surface area contributed by atoms with Crippen LogP contribution in [0.3, 0.4) is 0 Å². The van der Waals surface area contributed by atoms with E-state index in [4.69, 9.17) is 0 Å². The van der Waals surface area contributed by atoms with Crippen molar-refractivity contribution in [1.82, 2.24) is 4.90 Å². The SMILES string of the molecule is Fc1ccc(Br)c(F)c1CN(CCCBr)C1CCC1. The molecule has 0 radical (unpaired) electrons. The Morgan fingerprint density at radius 1 is 1.26 bits per heavy atom. The van der Waals surface area contributed by atoms with E-state index in [1.807, 2.05) is 0 Å². The second-order valence-corrected chi connectivity index (χ2v) is 6.57. The van der Waals surface area contributed by atoms with Crippen molar-refractivity contribution in [2.45, 2.75) is 38.3 Å². The van der Waals surface area contributed by atoms with Crippen molar-refractivity contribution in [3.05, 3.63) is 33.8 Å². The first kappa shape index (κ1) is 15.4. The van der Waals surface area contributed by atoms with E-state index in [9.17, 15) is 8.78 Å². The molecule has 0 aliphatic heterocycles. The average molecular weight is 397 g/mol. The van der Waals surface area contributed by atoms with Gasteiger partial charge in [0, 0.05) is 23.5 Å². The molecule has 1 fully saturated rings. The van der Waals surface area contributed by atoms with Crippen LogP contribution in [0, 0.1) is 11.6 Å². The fraction of sp³-hybridized carbons (Fsp3) is 0.571. The lowest BCUT2D eigenvalue weighted by molar-refractivity contribution is 0.117. The first-order valence-corrected chi connectivity index (χ1v) is 8.47. The number of rotatable bonds is 6. The Morgan fingerprint density at radius 2 is 2.00 bits per heavy atom. The highest BCUT2D eigenvalue weighted by Gasteiger charge is 2.26. The highest BCUT2D eigenvalue weighted by molar-refractivity contribution is 9.10. The summed E-state index contributed by atoms with van der Waals surface area (Å²) in [4.78, 5) is 2.21. The first-order chi connectivity index (χ1) is 9.13. The van der Waals surface area contributed by atoms with E-state index in [0.29, 0.717) is 17.1 Å². The Hall–Kier alpha value is -0.000000000000000111. The maximum absolute atomic E-state index is 14.0. The first-order valence-electron chi connectivity index (χ1n) is 6.56. The minimum absolute atomic E-state index is 0.177. The van der Waals surface area contributed by atoms with Gasteiger partial charge in [0.1, 0.15) is 11.6 Å². The maximum Gasteiger partial charge on any atom is 0.144 e. The summed E-state index contributed by atoms with van der Waals surface area (Å²) in [6.07, 6.45) is 4.49. The maximum atomic E-state index is 14.0. The molecule has 2 rings (SSSR count). The highest BCUT2D eigenvalue weighted by Crippen LogP contribution is 2.29. The van der Waals surface area contributed by atoms with Crippen LogP contribution in [0.2, 0.25) is 0 Å². The van der Waals surface area contributed by atoms with Crippen molar-refractivity contribution < 1.29 is 8.78 Å². The molecule has 19 heavy (non-hydrogen) atoms. The van der Waals surface area contributed by atoms with E-state index in [0.717, 1.165) is 31.1 Å². The van der Waals surface area contributed by atoms with Crippen LogP contribution in [-0.2, 0) is 6.54 Å². The summed E-state index contributed by atoms with van der Waals surface area (Å²) in [7, 11) is 0. The lowest BCUT2D eigenvalue weighted by Gasteiger charge is -2.37. The van der Waals surface area contributed by atoms with Crippen molar-refractivity contribution in [2.75, 3.05) is 11.9 Å². The molecule has 106 valence electrons. The summed E-state index contributed by atoms with van der Waals surface area (Å²) in [5.41, 5.74) is 0.177. The predicted octanol–water partition coefficient (Wildman–Crippen LogP) is 4.87. The lowest BCUT2D eigenvalue weighted by atomic mass is 9.91.